The predicted molar refractivity (Wildman–Crippen MR) is 106 cm³/mol. The summed E-state index contributed by atoms with van der Waals surface area (Å²) >= 11 is 0. The van der Waals surface area contributed by atoms with Gasteiger partial charge in [-0.1, -0.05) is 12.1 Å². The third kappa shape index (κ3) is 3.78. The van der Waals surface area contributed by atoms with E-state index >= 15 is 0 Å². The second kappa shape index (κ2) is 7.78. The highest BCUT2D eigenvalue weighted by molar-refractivity contribution is 5.79. The van der Waals surface area contributed by atoms with Crippen molar-refractivity contribution in [1.29, 1.82) is 0 Å². The lowest BCUT2D eigenvalue weighted by Gasteiger charge is -2.37. The van der Waals surface area contributed by atoms with E-state index in [1.807, 2.05) is 11.0 Å². The Labute approximate surface area is 157 Å². The highest BCUT2D eigenvalue weighted by Gasteiger charge is 2.31. The molecule has 0 radical (unpaired) electrons. The zero-order valence-electron chi connectivity index (χ0n) is 16.8. The van der Waals surface area contributed by atoms with E-state index in [0.29, 0.717) is 5.91 Å². The van der Waals surface area contributed by atoms with Crippen LogP contribution in [-0.4, -0.2) is 50.4 Å². The van der Waals surface area contributed by atoms with Gasteiger partial charge in [0.2, 0.25) is 5.91 Å². The van der Waals surface area contributed by atoms with Crippen LogP contribution in [-0.2, 0) is 18.4 Å². The number of carbonyl (C=O) groups excluding carboxylic acids is 1. The topological polar surface area (TPSA) is 41.4 Å². The molecule has 0 bridgehead atoms. The van der Waals surface area contributed by atoms with Gasteiger partial charge in [-0.15, -0.1) is 0 Å². The van der Waals surface area contributed by atoms with Gasteiger partial charge in [-0.05, 0) is 65.8 Å². The Bertz CT molecular complexity index is 748. The molecule has 2 aromatic rings. The van der Waals surface area contributed by atoms with Crippen molar-refractivity contribution in [1.82, 2.24) is 19.4 Å². The molecule has 2 heterocycles. The van der Waals surface area contributed by atoms with Crippen LogP contribution in [0.25, 0.3) is 11.0 Å². The largest absolute Gasteiger partial charge is 0.338 e. The van der Waals surface area contributed by atoms with Gasteiger partial charge >= 0.3 is 0 Å². The zero-order chi connectivity index (χ0) is 18.8. The first kappa shape index (κ1) is 18.9. The van der Waals surface area contributed by atoms with Gasteiger partial charge in [-0.25, -0.2) is 4.98 Å². The molecule has 5 heteroatoms. The van der Waals surface area contributed by atoms with Crippen LogP contribution in [0.3, 0.4) is 0 Å². The zero-order valence-corrected chi connectivity index (χ0v) is 16.8. The summed E-state index contributed by atoms with van der Waals surface area (Å²) in [4.78, 5) is 22.2. The van der Waals surface area contributed by atoms with Crippen molar-refractivity contribution in [2.45, 2.75) is 59.2 Å². The Morgan fingerprint density at radius 2 is 1.77 bits per heavy atom. The fourth-order valence-corrected chi connectivity index (χ4v) is 4.19. The number of aryl methyl sites for hydroxylation is 1. The molecule has 0 atom stereocenters. The van der Waals surface area contributed by atoms with Crippen LogP contribution in [0.1, 0.15) is 46.4 Å². The number of hydrogen-bond acceptors (Lipinski definition) is 3. The van der Waals surface area contributed by atoms with Crippen molar-refractivity contribution in [3.8, 4) is 0 Å². The fourth-order valence-electron chi connectivity index (χ4n) is 4.19. The van der Waals surface area contributed by atoms with Crippen molar-refractivity contribution in [3.05, 3.63) is 30.1 Å². The fraction of sp³-hybridized carbons (Fsp3) is 0.619. The molecule has 142 valence electrons. The maximum Gasteiger partial charge on any atom is 0.226 e. The minimum atomic E-state index is 0.163. The van der Waals surface area contributed by atoms with Gasteiger partial charge in [-0.3, -0.25) is 9.69 Å². The van der Waals surface area contributed by atoms with Crippen molar-refractivity contribution >= 4 is 16.9 Å². The number of carbonyl (C=O) groups is 1. The number of piperidine rings is 1. The number of fused-ring (bicyclic) bond motifs is 1. The molecule has 26 heavy (non-hydrogen) atoms. The number of para-hydroxylation sites is 2. The van der Waals surface area contributed by atoms with E-state index in [0.717, 1.165) is 43.8 Å². The minimum Gasteiger partial charge on any atom is -0.338 e. The summed E-state index contributed by atoms with van der Waals surface area (Å²) in [7, 11) is 2.09. The Morgan fingerprint density at radius 3 is 2.35 bits per heavy atom. The van der Waals surface area contributed by atoms with E-state index in [2.05, 4.69) is 62.4 Å². The van der Waals surface area contributed by atoms with E-state index < -0.39 is 0 Å². The van der Waals surface area contributed by atoms with Crippen LogP contribution >= 0.6 is 0 Å². The summed E-state index contributed by atoms with van der Waals surface area (Å²) in [6, 6.07) is 8.80. The molecule has 0 spiro atoms. The van der Waals surface area contributed by atoms with E-state index in [1.165, 1.54) is 5.52 Å². The monoisotopic (exact) mass is 356 g/mol. The van der Waals surface area contributed by atoms with Crippen LogP contribution in [0.2, 0.25) is 0 Å². The van der Waals surface area contributed by atoms with E-state index in [4.69, 9.17) is 4.98 Å². The number of likely N-dealkylation sites (tertiary alicyclic amines) is 1. The van der Waals surface area contributed by atoms with Gasteiger partial charge in [0.1, 0.15) is 5.82 Å². The van der Waals surface area contributed by atoms with Crippen molar-refractivity contribution < 1.29 is 4.79 Å². The van der Waals surface area contributed by atoms with Crippen molar-refractivity contribution in [2.24, 2.45) is 13.0 Å². The second-order valence-electron chi connectivity index (χ2n) is 8.06. The quantitative estimate of drug-likeness (QED) is 0.824. The summed E-state index contributed by atoms with van der Waals surface area (Å²) in [5, 5.41) is 0. The highest BCUT2D eigenvalue weighted by Crippen LogP contribution is 2.24. The van der Waals surface area contributed by atoms with Crippen LogP contribution in [0, 0.1) is 5.92 Å². The number of amides is 1. The van der Waals surface area contributed by atoms with Crippen molar-refractivity contribution in [3.63, 3.8) is 0 Å². The maximum atomic E-state index is 12.9. The molecule has 1 fully saturated rings. The van der Waals surface area contributed by atoms with Gasteiger partial charge in [0.15, 0.2) is 0 Å². The number of aromatic nitrogens is 2. The van der Waals surface area contributed by atoms with Crippen molar-refractivity contribution in [2.75, 3.05) is 13.1 Å². The van der Waals surface area contributed by atoms with E-state index in [1.54, 1.807) is 0 Å². The van der Waals surface area contributed by atoms with Gasteiger partial charge in [0, 0.05) is 25.0 Å². The minimum absolute atomic E-state index is 0.163. The van der Waals surface area contributed by atoms with Gasteiger partial charge < -0.3 is 9.47 Å². The molecule has 0 saturated carbocycles. The molecular weight excluding hydrogens is 324 g/mol. The van der Waals surface area contributed by atoms with E-state index in [-0.39, 0.29) is 18.0 Å². The van der Waals surface area contributed by atoms with Crippen LogP contribution in [0.15, 0.2) is 24.3 Å². The molecule has 3 rings (SSSR count). The first-order valence-corrected chi connectivity index (χ1v) is 9.83. The summed E-state index contributed by atoms with van der Waals surface area (Å²) in [6.07, 6.45) is 1.89. The Kier molecular flexibility index (Phi) is 5.66. The van der Waals surface area contributed by atoms with Gasteiger partial charge in [0.05, 0.1) is 17.6 Å². The molecule has 1 aliphatic heterocycles. The Hall–Kier alpha value is -1.88. The number of benzene rings is 1. The standard InChI is InChI=1S/C21H32N4O/c1-15(2)25(16(3)4)21(26)17-10-12-24(13-11-17)14-20-22-18-8-6-7-9-19(18)23(20)5/h6-9,15-17H,10-14H2,1-5H3. The number of nitrogens with zero attached hydrogens (tertiary/aromatic N) is 4. The van der Waals surface area contributed by atoms with Gasteiger partial charge in [0.25, 0.3) is 0 Å². The smallest absolute Gasteiger partial charge is 0.226 e. The first-order valence-electron chi connectivity index (χ1n) is 9.83. The summed E-state index contributed by atoms with van der Waals surface area (Å²) in [5.41, 5.74) is 2.23. The average molecular weight is 357 g/mol. The third-order valence-electron chi connectivity index (χ3n) is 5.55. The number of hydrogen-bond donors (Lipinski definition) is 0. The molecule has 1 aromatic heterocycles. The molecule has 1 saturated heterocycles. The highest BCUT2D eigenvalue weighted by atomic mass is 16.2. The van der Waals surface area contributed by atoms with Crippen LogP contribution < -0.4 is 0 Å². The lowest BCUT2D eigenvalue weighted by molar-refractivity contribution is -0.140. The molecule has 1 aliphatic rings. The lowest BCUT2D eigenvalue weighted by Crippen LogP contribution is -2.48. The Morgan fingerprint density at radius 1 is 1.15 bits per heavy atom. The molecule has 0 unspecified atom stereocenters. The lowest BCUT2D eigenvalue weighted by atomic mass is 9.94. The summed E-state index contributed by atoms with van der Waals surface area (Å²) in [5.74, 6) is 1.59. The van der Waals surface area contributed by atoms with Crippen LogP contribution in [0.4, 0.5) is 0 Å². The molecule has 0 aliphatic carbocycles. The van der Waals surface area contributed by atoms with Crippen LogP contribution in [0.5, 0.6) is 0 Å². The molecular formula is C21H32N4O. The SMILES string of the molecule is CC(C)N(C(=O)C1CCN(Cc2nc3ccccc3n2C)CC1)C(C)C. The number of rotatable bonds is 5. The van der Waals surface area contributed by atoms with Gasteiger partial charge in [-0.2, -0.15) is 0 Å². The average Bonchev–Trinajstić information content (AvgIpc) is 2.91. The maximum absolute atomic E-state index is 12.9. The Balaban J connectivity index is 1.61. The van der Waals surface area contributed by atoms with E-state index in [9.17, 15) is 4.79 Å². The second-order valence-corrected chi connectivity index (χ2v) is 8.06. The predicted octanol–water partition coefficient (Wildman–Crippen LogP) is 3.43. The molecule has 5 nitrogen and oxygen atoms in total. The summed E-state index contributed by atoms with van der Waals surface area (Å²) < 4.78 is 2.19. The third-order valence-corrected chi connectivity index (χ3v) is 5.55. The normalized spacial score (nSPS) is 16.7. The molecule has 0 N–H and O–H groups in total. The first-order chi connectivity index (χ1) is 12.4. The molecule has 1 aromatic carbocycles. The number of imidazole rings is 1. The molecule has 1 amide bonds. The summed E-state index contributed by atoms with van der Waals surface area (Å²) in [6.45, 7) is 11.2.